The zero-order valence-corrected chi connectivity index (χ0v) is 13.6. The van der Waals surface area contributed by atoms with E-state index in [1.165, 1.54) is 0 Å². The Hall–Kier alpha value is -1.79. The molecule has 0 radical (unpaired) electrons. The van der Waals surface area contributed by atoms with Crippen LogP contribution in [0.2, 0.25) is 0 Å². The standard InChI is InChI=1S/C16H22F2N4O/c1-11-12(2)19-10-20-14(11)22-6-3-13(9-22)15(23)21-7-4-16(17,18)5-8-21/h10,13H,3-9H2,1-2H3. The molecule has 7 heteroatoms. The van der Waals surface area contributed by atoms with Crippen LogP contribution in [0.1, 0.15) is 30.5 Å². The summed E-state index contributed by atoms with van der Waals surface area (Å²) in [6.45, 7) is 5.60. The molecule has 0 aromatic carbocycles. The smallest absolute Gasteiger partial charge is 0.251 e. The van der Waals surface area contributed by atoms with Crippen LogP contribution >= 0.6 is 0 Å². The minimum atomic E-state index is -2.62. The molecule has 1 unspecified atom stereocenters. The normalized spacial score (nSPS) is 24.1. The predicted octanol–water partition coefficient (Wildman–Crippen LogP) is 2.18. The van der Waals surface area contributed by atoms with Crippen LogP contribution in [-0.2, 0) is 4.79 Å². The molecular weight excluding hydrogens is 302 g/mol. The molecule has 0 aliphatic carbocycles. The summed E-state index contributed by atoms with van der Waals surface area (Å²) >= 11 is 0. The Morgan fingerprint density at radius 3 is 2.61 bits per heavy atom. The molecule has 23 heavy (non-hydrogen) atoms. The van der Waals surface area contributed by atoms with Gasteiger partial charge < -0.3 is 9.80 Å². The van der Waals surface area contributed by atoms with Crippen LogP contribution in [0.4, 0.5) is 14.6 Å². The number of amides is 1. The fourth-order valence-corrected chi connectivity index (χ4v) is 3.31. The van der Waals surface area contributed by atoms with Crippen LogP contribution < -0.4 is 4.90 Å². The monoisotopic (exact) mass is 324 g/mol. The summed E-state index contributed by atoms with van der Waals surface area (Å²) in [5.41, 5.74) is 1.96. The molecule has 0 spiro atoms. The highest BCUT2D eigenvalue weighted by atomic mass is 19.3. The van der Waals surface area contributed by atoms with Crippen molar-refractivity contribution in [3.63, 3.8) is 0 Å². The van der Waals surface area contributed by atoms with Crippen molar-refractivity contribution in [1.29, 1.82) is 0 Å². The van der Waals surface area contributed by atoms with Gasteiger partial charge in [0.2, 0.25) is 5.91 Å². The molecule has 0 saturated carbocycles. The minimum absolute atomic E-state index is 0.00595. The Kier molecular flexibility index (Phi) is 4.21. The average Bonchev–Trinajstić information content (AvgIpc) is 2.99. The van der Waals surface area contributed by atoms with Gasteiger partial charge in [0.05, 0.1) is 5.92 Å². The van der Waals surface area contributed by atoms with Crippen molar-refractivity contribution >= 4 is 11.7 Å². The number of carbonyl (C=O) groups is 1. The van der Waals surface area contributed by atoms with Crippen molar-refractivity contribution in [3.8, 4) is 0 Å². The van der Waals surface area contributed by atoms with Crippen molar-refractivity contribution in [2.24, 2.45) is 5.92 Å². The van der Waals surface area contributed by atoms with Crippen LogP contribution in [0.15, 0.2) is 6.33 Å². The van der Waals surface area contributed by atoms with Gasteiger partial charge in [-0.1, -0.05) is 0 Å². The summed E-state index contributed by atoms with van der Waals surface area (Å²) in [4.78, 5) is 24.8. The molecule has 3 rings (SSSR count). The molecule has 0 bridgehead atoms. The maximum Gasteiger partial charge on any atom is 0.251 e. The van der Waals surface area contributed by atoms with Gasteiger partial charge in [-0.25, -0.2) is 18.7 Å². The Labute approximate surface area is 134 Å². The Bertz CT molecular complexity index is 598. The topological polar surface area (TPSA) is 49.3 Å². The fourth-order valence-electron chi connectivity index (χ4n) is 3.31. The number of rotatable bonds is 2. The quantitative estimate of drug-likeness (QED) is 0.837. The van der Waals surface area contributed by atoms with E-state index in [2.05, 4.69) is 14.9 Å². The van der Waals surface area contributed by atoms with Crippen LogP contribution in [0.3, 0.4) is 0 Å². The number of aryl methyl sites for hydroxylation is 1. The summed E-state index contributed by atoms with van der Waals surface area (Å²) in [6, 6.07) is 0. The molecule has 1 amide bonds. The van der Waals surface area contributed by atoms with Crippen molar-refractivity contribution in [2.45, 2.75) is 39.0 Å². The number of aromatic nitrogens is 2. The van der Waals surface area contributed by atoms with E-state index < -0.39 is 5.92 Å². The number of hydrogen-bond donors (Lipinski definition) is 0. The van der Waals surface area contributed by atoms with Crippen molar-refractivity contribution < 1.29 is 13.6 Å². The number of nitrogens with zero attached hydrogens (tertiary/aromatic N) is 4. The first kappa shape index (κ1) is 16.1. The summed E-state index contributed by atoms with van der Waals surface area (Å²) in [7, 11) is 0. The molecule has 2 aliphatic heterocycles. The van der Waals surface area contributed by atoms with Crippen molar-refractivity contribution in [3.05, 3.63) is 17.6 Å². The SMILES string of the molecule is Cc1ncnc(N2CCC(C(=O)N3CCC(F)(F)CC3)C2)c1C. The van der Waals surface area contributed by atoms with E-state index in [-0.39, 0.29) is 37.8 Å². The summed E-state index contributed by atoms with van der Waals surface area (Å²) in [5.74, 6) is -1.87. The molecule has 2 saturated heterocycles. The highest BCUT2D eigenvalue weighted by Crippen LogP contribution is 2.31. The van der Waals surface area contributed by atoms with Crippen molar-refractivity contribution in [1.82, 2.24) is 14.9 Å². The zero-order chi connectivity index (χ0) is 16.6. The lowest BCUT2D eigenvalue weighted by Crippen LogP contribution is -2.45. The molecule has 0 N–H and O–H groups in total. The minimum Gasteiger partial charge on any atom is -0.355 e. The first-order valence-electron chi connectivity index (χ1n) is 8.07. The van der Waals surface area contributed by atoms with E-state index in [9.17, 15) is 13.6 Å². The maximum absolute atomic E-state index is 13.2. The lowest BCUT2D eigenvalue weighted by atomic mass is 10.0. The van der Waals surface area contributed by atoms with Crippen molar-refractivity contribution in [2.75, 3.05) is 31.1 Å². The summed E-state index contributed by atoms with van der Waals surface area (Å²) in [6.07, 6.45) is 1.84. The molecular formula is C16H22F2N4O. The van der Waals surface area contributed by atoms with Crippen LogP contribution in [0, 0.1) is 19.8 Å². The second-order valence-corrected chi connectivity index (χ2v) is 6.52. The Morgan fingerprint density at radius 2 is 1.91 bits per heavy atom. The van der Waals surface area contributed by atoms with E-state index in [0.717, 1.165) is 30.0 Å². The number of anilines is 1. The summed E-state index contributed by atoms with van der Waals surface area (Å²) in [5, 5.41) is 0. The molecule has 3 heterocycles. The number of alkyl halides is 2. The first-order chi connectivity index (χ1) is 10.9. The molecule has 2 aliphatic rings. The number of likely N-dealkylation sites (tertiary alicyclic amines) is 1. The zero-order valence-electron chi connectivity index (χ0n) is 13.6. The summed E-state index contributed by atoms with van der Waals surface area (Å²) < 4.78 is 26.4. The second-order valence-electron chi connectivity index (χ2n) is 6.52. The maximum atomic E-state index is 13.2. The van der Waals surface area contributed by atoms with Gasteiger partial charge in [0.25, 0.3) is 5.92 Å². The van der Waals surface area contributed by atoms with E-state index in [1.807, 2.05) is 13.8 Å². The van der Waals surface area contributed by atoms with Crippen LogP contribution in [-0.4, -0.2) is 52.9 Å². The number of halogens is 2. The third kappa shape index (κ3) is 3.28. The van der Waals surface area contributed by atoms with Gasteiger partial charge in [-0.3, -0.25) is 4.79 Å². The molecule has 1 aromatic heterocycles. The number of piperidine rings is 1. The van der Waals surface area contributed by atoms with Gasteiger partial charge in [0.1, 0.15) is 12.1 Å². The highest BCUT2D eigenvalue weighted by molar-refractivity contribution is 5.80. The molecule has 1 atom stereocenters. The highest BCUT2D eigenvalue weighted by Gasteiger charge is 2.39. The number of hydrogen-bond acceptors (Lipinski definition) is 4. The van der Waals surface area contributed by atoms with E-state index in [4.69, 9.17) is 0 Å². The Balaban J connectivity index is 1.63. The second kappa shape index (κ2) is 6.02. The molecule has 2 fully saturated rings. The predicted molar refractivity (Wildman–Crippen MR) is 82.6 cm³/mol. The number of carbonyl (C=O) groups excluding carboxylic acids is 1. The molecule has 126 valence electrons. The first-order valence-corrected chi connectivity index (χ1v) is 8.07. The Morgan fingerprint density at radius 1 is 1.22 bits per heavy atom. The van der Waals surface area contributed by atoms with Gasteiger partial charge in [-0.2, -0.15) is 0 Å². The van der Waals surface area contributed by atoms with E-state index >= 15 is 0 Å². The average molecular weight is 324 g/mol. The van der Waals surface area contributed by atoms with Gasteiger partial charge in [-0.15, -0.1) is 0 Å². The van der Waals surface area contributed by atoms with Crippen LogP contribution in [0.5, 0.6) is 0 Å². The third-order valence-electron chi connectivity index (χ3n) is 4.95. The third-order valence-corrected chi connectivity index (χ3v) is 4.95. The fraction of sp³-hybridized carbons (Fsp3) is 0.688. The lowest BCUT2D eigenvalue weighted by molar-refractivity contribution is -0.140. The van der Waals surface area contributed by atoms with Crippen LogP contribution in [0.25, 0.3) is 0 Å². The lowest BCUT2D eigenvalue weighted by Gasteiger charge is -2.33. The van der Waals surface area contributed by atoms with Gasteiger partial charge in [0, 0.05) is 50.3 Å². The van der Waals surface area contributed by atoms with E-state index in [0.29, 0.717) is 6.54 Å². The van der Waals surface area contributed by atoms with Gasteiger partial charge in [0.15, 0.2) is 0 Å². The van der Waals surface area contributed by atoms with Gasteiger partial charge >= 0.3 is 0 Å². The molecule has 5 nitrogen and oxygen atoms in total. The molecule has 1 aromatic rings. The van der Waals surface area contributed by atoms with Gasteiger partial charge in [-0.05, 0) is 20.3 Å². The largest absolute Gasteiger partial charge is 0.355 e. The van der Waals surface area contributed by atoms with E-state index in [1.54, 1.807) is 11.2 Å².